The van der Waals surface area contributed by atoms with Crippen molar-refractivity contribution >= 4 is 11.9 Å². The lowest BCUT2D eigenvalue weighted by atomic mass is 10.2. The van der Waals surface area contributed by atoms with Crippen molar-refractivity contribution in [2.45, 2.75) is 26.5 Å². The third-order valence-electron chi connectivity index (χ3n) is 2.36. The summed E-state index contributed by atoms with van der Waals surface area (Å²) in [7, 11) is 0. The van der Waals surface area contributed by atoms with Crippen LogP contribution in [0.2, 0.25) is 0 Å². The van der Waals surface area contributed by atoms with Gasteiger partial charge in [0.05, 0.1) is 13.2 Å². The molecule has 104 valence electrons. The molecule has 0 radical (unpaired) electrons. The zero-order valence-electron chi connectivity index (χ0n) is 11.2. The van der Waals surface area contributed by atoms with Gasteiger partial charge in [0.2, 0.25) is 5.91 Å². The average molecular weight is 265 g/mol. The van der Waals surface area contributed by atoms with E-state index in [0.29, 0.717) is 13.2 Å². The molecule has 1 aromatic rings. The van der Waals surface area contributed by atoms with E-state index in [1.807, 2.05) is 30.3 Å². The average Bonchev–Trinajstić information content (AvgIpc) is 2.40. The highest BCUT2D eigenvalue weighted by Crippen LogP contribution is 2.00. The summed E-state index contributed by atoms with van der Waals surface area (Å²) in [4.78, 5) is 22.8. The minimum atomic E-state index is -0.659. The molecule has 19 heavy (non-hydrogen) atoms. The minimum absolute atomic E-state index is 0.0847. The van der Waals surface area contributed by atoms with Gasteiger partial charge in [0.15, 0.2) is 0 Å². The normalized spacial score (nSPS) is 11.7. The zero-order chi connectivity index (χ0) is 14.1. The van der Waals surface area contributed by atoms with Crippen molar-refractivity contribution in [3.05, 3.63) is 35.9 Å². The molecule has 0 aromatic heterocycles. The standard InChI is InChI=1S/C14H19NO4/c1-3-19-14(17)11(2)15-13(16)10-18-9-12-7-5-4-6-8-12/h4-8,11H,3,9-10H2,1-2H3,(H,15,16). The molecule has 0 fully saturated rings. The predicted octanol–water partition coefficient (Wildman–Crippen LogP) is 1.27. The second kappa shape index (κ2) is 8.26. The molecule has 0 spiro atoms. The van der Waals surface area contributed by atoms with Crippen molar-refractivity contribution in [2.24, 2.45) is 0 Å². The number of nitrogens with one attached hydrogen (secondary N) is 1. The van der Waals surface area contributed by atoms with Crippen molar-refractivity contribution in [1.82, 2.24) is 5.32 Å². The van der Waals surface area contributed by atoms with Gasteiger partial charge in [-0.2, -0.15) is 0 Å². The Hall–Kier alpha value is -1.88. The Morgan fingerprint density at radius 2 is 1.95 bits per heavy atom. The molecule has 0 bridgehead atoms. The van der Waals surface area contributed by atoms with Gasteiger partial charge in [-0.25, -0.2) is 4.79 Å². The van der Waals surface area contributed by atoms with Gasteiger partial charge in [-0.3, -0.25) is 4.79 Å². The van der Waals surface area contributed by atoms with Gasteiger partial charge in [-0.1, -0.05) is 30.3 Å². The molecule has 0 aliphatic heterocycles. The fourth-order valence-corrected chi connectivity index (χ4v) is 1.45. The predicted molar refractivity (Wildman–Crippen MR) is 70.3 cm³/mol. The van der Waals surface area contributed by atoms with Crippen LogP contribution < -0.4 is 5.32 Å². The Morgan fingerprint density at radius 1 is 1.26 bits per heavy atom. The second-order valence-electron chi connectivity index (χ2n) is 4.02. The second-order valence-corrected chi connectivity index (χ2v) is 4.02. The molecular formula is C14H19NO4. The number of carbonyl (C=O) groups excluding carboxylic acids is 2. The van der Waals surface area contributed by atoms with Crippen LogP contribution in [0, 0.1) is 0 Å². The van der Waals surface area contributed by atoms with E-state index < -0.39 is 12.0 Å². The molecule has 1 rings (SSSR count). The maximum Gasteiger partial charge on any atom is 0.328 e. The van der Waals surface area contributed by atoms with Crippen molar-refractivity contribution in [1.29, 1.82) is 0 Å². The Bertz CT molecular complexity index is 405. The van der Waals surface area contributed by atoms with Gasteiger partial charge in [0.1, 0.15) is 12.6 Å². The SMILES string of the molecule is CCOC(=O)C(C)NC(=O)COCc1ccccc1. The van der Waals surface area contributed by atoms with Gasteiger partial charge in [-0.15, -0.1) is 0 Å². The summed E-state index contributed by atoms with van der Waals surface area (Å²) in [6.07, 6.45) is 0. The quantitative estimate of drug-likeness (QED) is 0.754. The fraction of sp³-hybridized carbons (Fsp3) is 0.429. The lowest BCUT2D eigenvalue weighted by Crippen LogP contribution is -2.41. The first-order valence-electron chi connectivity index (χ1n) is 6.21. The largest absolute Gasteiger partial charge is 0.464 e. The van der Waals surface area contributed by atoms with Crippen LogP contribution in [0.15, 0.2) is 30.3 Å². The minimum Gasteiger partial charge on any atom is -0.464 e. The number of amides is 1. The number of ether oxygens (including phenoxy) is 2. The molecule has 1 amide bonds. The van der Waals surface area contributed by atoms with Gasteiger partial charge in [-0.05, 0) is 19.4 Å². The van der Waals surface area contributed by atoms with Gasteiger partial charge >= 0.3 is 5.97 Å². The van der Waals surface area contributed by atoms with Gasteiger partial charge in [0, 0.05) is 0 Å². The van der Waals surface area contributed by atoms with Gasteiger partial charge < -0.3 is 14.8 Å². The van der Waals surface area contributed by atoms with Crippen LogP contribution in [-0.2, 0) is 25.7 Å². The Labute approximate surface area is 112 Å². The Kier molecular flexibility index (Phi) is 6.60. The first-order valence-corrected chi connectivity index (χ1v) is 6.21. The molecule has 1 N–H and O–H groups in total. The maximum absolute atomic E-state index is 11.5. The summed E-state index contributed by atoms with van der Waals surface area (Å²) in [6, 6.07) is 8.89. The monoisotopic (exact) mass is 265 g/mol. The van der Waals surface area contributed by atoms with E-state index >= 15 is 0 Å². The molecule has 0 saturated carbocycles. The third kappa shape index (κ3) is 6.01. The van der Waals surface area contributed by atoms with Crippen molar-refractivity contribution in [3.8, 4) is 0 Å². The number of carbonyl (C=O) groups is 2. The Morgan fingerprint density at radius 3 is 2.58 bits per heavy atom. The highest BCUT2D eigenvalue weighted by Gasteiger charge is 2.16. The number of hydrogen-bond acceptors (Lipinski definition) is 4. The van der Waals surface area contributed by atoms with Crippen LogP contribution in [0.4, 0.5) is 0 Å². The summed E-state index contributed by atoms with van der Waals surface area (Å²) in [5.74, 6) is -0.782. The first kappa shape index (κ1) is 15.2. The van der Waals surface area contributed by atoms with Crippen molar-refractivity contribution < 1.29 is 19.1 Å². The van der Waals surface area contributed by atoms with Crippen LogP contribution in [0.3, 0.4) is 0 Å². The number of hydrogen-bond donors (Lipinski definition) is 1. The number of benzene rings is 1. The molecule has 0 aliphatic carbocycles. The molecule has 5 nitrogen and oxygen atoms in total. The van der Waals surface area contributed by atoms with E-state index in [2.05, 4.69) is 5.32 Å². The first-order chi connectivity index (χ1) is 9.13. The molecule has 0 saturated heterocycles. The van der Waals surface area contributed by atoms with E-state index in [-0.39, 0.29) is 12.5 Å². The number of rotatable bonds is 7. The topological polar surface area (TPSA) is 64.6 Å². The zero-order valence-corrected chi connectivity index (χ0v) is 11.2. The summed E-state index contributed by atoms with van der Waals surface area (Å²) < 4.78 is 10.0. The van der Waals surface area contributed by atoms with Crippen molar-refractivity contribution in [2.75, 3.05) is 13.2 Å². The van der Waals surface area contributed by atoms with E-state index in [4.69, 9.17) is 9.47 Å². The van der Waals surface area contributed by atoms with Crippen LogP contribution in [0.1, 0.15) is 19.4 Å². The fourth-order valence-electron chi connectivity index (χ4n) is 1.45. The molecular weight excluding hydrogens is 246 g/mol. The highest BCUT2D eigenvalue weighted by atomic mass is 16.5. The lowest BCUT2D eigenvalue weighted by Gasteiger charge is -2.12. The molecule has 0 heterocycles. The van der Waals surface area contributed by atoms with Crippen LogP contribution in [-0.4, -0.2) is 31.1 Å². The molecule has 1 unspecified atom stereocenters. The number of esters is 1. The van der Waals surface area contributed by atoms with Gasteiger partial charge in [0.25, 0.3) is 0 Å². The maximum atomic E-state index is 11.5. The third-order valence-corrected chi connectivity index (χ3v) is 2.36. The van der Waals surface area contributed by atoms with Crippen molar-refractivity contribution in [3.63, 3.8) is 0 Å². The van der Waals surface area contributed by atoms with E-state index in [9.17, 15) is 9.59 Å². The van der Waals surface area contributed by atoms with Crippen LogP contribution in [0.5, 0.6) is 0 Å². The van der Waals surface area contributed by atoms with Crippen LogP contribution >= 0.6 is 0 Å². The molecule has 1 atom stereocenters. The summed E-state index contributed by atoms with van der Waals surface area (Å²) in [6.45, 7) is 3.87. The Balaban J connectivity index is 2.23. The highest BCUT2D eigenvalue weighted by molar-refractivity contribution is 5.84. The summed E-state index contributed by atoms with van der Waals surface area (Å²) >= 11 is 0. The smallest absolute Gasteiger partial charge is 0.328 e. The summed E-state index contributed by atoms with van der Waals surface area (Å²) in [5, 5.41) is 2.51. The van der Waals surface area contributed by atoms with E-state index in [1.165, 1.54) is 0 Å². The van der Waals surface area contributed by atoms with Crippen LogP contribution in [0.25, 0.3) is 0 Å². The molecule has 5 heteroatoms. The molecule has 0 aliphatic rings. The van der Waals surface area contributed by atoms with E-state index in [0.717, 1.165) is 5.56 Å². The van der Waals surface area contributed by atoms with E-state index in [1.54, 1.807) is 13.8 Å². The lowest BCUT2D eigenvalue weighted by molar-refractivity contribution is -0.147. The molecule has 1 aromatic carbocycles. The summed E-state index contributed by atoms with van der Waals surface area (Å²) in [5.41, 5.74) is 0.994.